The van der Waals surface area contributed by atoms with E-state index in [1.807, 2.05) is 12.4 Å². The van der Waals surface area contributed by atoms with Crippen LogP contribution in [0.3, 0.4) is 0 Å². The van der Waals surface area contributed by atoms with E-state index in [2.05, 4.69) is 45.2 Å². The van der Waals surface area contributed by atoms with Crippen LogP contribution >= 0.6 is 0 Å². The van der Waals surface area contributed by atoms with Crippen LogP contribution in [0.15, 0.2) is 18.5 Å². The van der Waals surface area contributed by atoms with Crippen LogP contribution in [0.1, 0.15) is 49.6 Å². The smallest absolute Gasteiger partial charge is 0.0522 e. The molecule has 3 rings (SSSR count). The van der Waals surface area contributed by atoms with E-state index in [1.165, 1.54) is 36.3 Å². The minimum absolute atomic E-state index is 0.581. The maximum absolute atomic E-state index is 4.29. The molecule has 0 aliphatic carbocycles. The number of aromatic nitrogens is 4. The maximum Gasteiger partial charge on any atom is 0.0522 e. The molecular formula is C16H25N5. The molecule has 5 nitrogen and oxygen atoms in total. The number of likely N-dealkylation sites (tertiary alicyclic amines) is 1. The normalized spacial score (nSPS) is 20.2. The summed E-state index contributed by atoms with van der Waals surface area (Å²) in [6.45, 7) is 7.77. The van der Waals surface area contributed by atoms with Crippen LogP contribution in [-0.2, 0) is 13.0 Å². The van der Waals surface area contributed by atoms with Gasteiger partial charge in [-0.05, 0) is 43.4 Å². The molecule has 0 radical (unpaired) electrons. The average molecular weight is 287 g/mol. The first kappa shape index (κ1) is 14.3. The van der Waals surface area contributed by atoms with E-state index >= 15 is 0 Å². The van der Waals surface area contributed by atoms with E-state index < -0.39 is 0 Å². The number of hydrogen-bond acceptors (Lipinski definition) is 3. The van der Waals surface area contributed by atoms with Gasteiger partial charge >= 0.3 is 0 Å². The van der Waals surface area contributed by atoms with Crippen LogP contribution in [0.2, 0.25) is 0 Å². The highest BCUT2D eigenvalue weighted by Crippen LogP contribution is 2.29. The molecule has 114 valence electrons. The number of nitrogens with one attached hydrogen (secondary N) is 2. The number of H-pyrrole nitrogens is 2. The molecule has 0 bridgehead atoms. The van der Waals surface area contributed by atoms with Crippen LogP contribution in [-0.4, -0.2) is 38.4 Å². The number of hydrogen-bond donors (Lipinski definition) is 2. The van der Waals surface area contributed by atoms with Gasteiger partial charge in [-0.1, -0.05) is 13.8 Å². The Morgan fingerprint density at radius 2 is 2.24 bits per heavy atom. The Morgan fingerprint density at radius 3 is 3.00 bits per heavy atom. The van der Waals surface area contributed by atoms with Gasteiger partial charge in [0.15, 0.2) is 0 Å². The molecule has 1 aliphatic heterocycles. The second kappa shape index (κ2) is 6.43. The van der Waals surface area contributed by atoms with Gasteiger partial charge in [-0.3, -0.25) is 15.1 Å². The zero-order chi connectivity index (χ0) is 14.7. The van der Waals surface area contributed by atoms with E-state index in [0.717, 1.165) is 19.5 Å². The van der Waals surface area contributed by atoms with Crippen molar-refractivity contribution < 1.29 is 0 Å². The van der Waals surface area contributed by atoms with Gasteiger partial charge < -0.3 is 0 Å². The summed E-state index contributed by atoms with van der Waals surface area (Å²) in [6, 6.07) is 2.06. The fourth-order valence-electron chi connectivity index (χ4n) is 3.33. The third-order valence-electron chi connectivity index (χ3n) is 4.25. The van der Waals surface area contributed by atoms with E-state index in [1.54, 1.807) is 0 Å². The van der Waals surface area contributed by atoms with Crippen molar-refractivity contribution in [3.8, 4) is 0 Å². The lowest BCUT2D eigenvalue weighted by atomic mass is 9.90. The Bertz CT molecular complexity index is 543. The second-order valence-electron chi connectivity index (χ2n) is 6.56. The van der Waals surface area contributed by atoms with E-state index in [4.69, 9.17) is 0 Å². The first-order valence-electron chi connectivity index (χ1n) is 7.95. The van der Waals surface area contributed by atoms with E-state index in [9.17, 15) is 0 Å². The number of aromatic amines is 2. The standard InChI is InChI=1S/C16H25N5/c1-12(2)8-14-9-18-20-16(14)13-4-3-7-21(10-13)11-15-5-6-17-19-15/h5-6,9,12-13H,3-4,7-8,10-11H2,1-2H3,(H,17,19)(H,18,20). The molecule has 5 heteroatoms. The van der Waals surface area contributed by atoms with Gasteiger partial charge in [0.2, 0.25) is 0 Å². The molecule has 1 fully saturated rings. The van der Waals surface area contributed by atoms with E-state index in [-0.39, 0.29) is 0 Å². The van der Waals surface area contributed by atoms with Crippen molar-refractivity contribution in [1.29, 1.82) is 0 Å². The fourth-order valence-corrected chi connectivity index (χ4v) is 3.33. The third-order valence-corrected chi connectivity index (χ3v) is 4.25. The number of nitrogens with zero attached hydrogens (tertiary/aromatic N) is 3. The number of piperidine rings is 1. The molecule has 0 saturated carbocycles. The zero-order valence-electron chi connectivity index (χ0n) is 13.0. The molecule has 1 unspecified atom stereocenters. The Labute approximate surface area is 126 Å². The van der Waals surface area contributed by atoms with Gasteiger partial charge in [0.25, 0.3) is 0 Å². The largest absolute Gasteiger partial charge is 0.297 e. The van der Waals surface area contributed by atoms with Crippen LogP contribution in [0.5, 0.6) is 0 Å². The van der Waals surface area contributed by atoms with Crippen molar-refractivity contribution in [3.63, 3.8) is 0 Å². The lowest BCUT2D eigenvalue weighted by Gasteiger charge is -2.32. The average Bonchev–Trinajstić information content (AvgIpc) is 3.10. The summed E-state index contributed by atoms with van der Waals surface area (Å²) < 4.78 is 0. The van der Waals surface area contributed by atoms with Gasteiger partial charge in [-0.15, -0.1) is 0 Å². The Morgan fingerprint density at radius 1 is 1.33 bits per heavy atom. The summed E-state index contributed by atoms with van der Waals surface area (Å²) in [6.07, 6.45) is 7.46. The highest BCUT2D eigenvalue weighted by atomic mass is 15.2. The molecule has 0 aromatic carbocycles. The van der Waals surface area contributed by atoms with Crippen LogP contribution in [0, 0.1) is 5.92 Å². The van der Waals surface area contributed by atoms with Crippen molar-refractivity contribution in [2.75, 3.05) is 13.1 Å². The van der Waals surface area contributed by atoms with Gasteiger partial charge in [-0.25, -0.2) is 0 Å². The predicted octanol–water partition coefficient (Wildman–Crippen LogP) is 2.71. The Hall–Kier alpha value is -1.62. The monoisotopic (exact) mass is 287 g/mol. The highest BCUT2D eigenvalue weighted by Gasteiger charge is 2.25. The SMILES string of the molecule is CC(C)Cc1cn[nH]c1C1CCCN(Cc2ccn[nH]2)C1. The van der Waals surface area contributed by atoms with Gasteiger partial charge in [0.05, 0.1) is 6.20 Å². The fraction of sp³-hybridized carbons (Fsp3) is 0.625. The minimum Gasteiger partial charge on any atom is -0.297 e. The maximum atomic E-state index is 4.29. The molecule has 2 aromatic rings. The van der Waals surface area contributed by atoms with Gasteiger partial charge in [0, 0.05) is 36.6 Å². The van der Waals surface area contributed by atoms with Crippen LogP contribution in [0.25, 0.3) is 0 Å². The van der Waals surface area contributed by atoms with Gasteiger partial charge in [-0.2, -0.15) is 10.2 Å². The molecule has 1 atom stereocenters. The van der Waals surface area contributed by atoms with Crippen molar-refractivity contribution in [2.24, 2.45) is 5.92 Å². The quantitative estimate of drug-likeness (QED) is 0.889. The van der Waals surface area contributed by atoms with Crippen molar-refractivity contribution in [2.45, 2.75) is 45.6 Å². The molecule has 21 heavy (non-hydrogen) atoms. The first-order valence-corrected chi connectivity index (χ1v) is 7.95. The molecule has 1 aliphatic rings. The molecule has 0 amide bonds. The van der Waals surface area contributed by atoms with Crippen molar-refractivity contribution >= 4 is 0 Å². The Kier molecular flexibility index (Phi) is 4.39. The highest BCUT2D eigenvalue weighted by molar-refractivity contribution is 5.22. The zero-order valence-corrected chi connectivity index (χ0v) is 13.0. The van der Waals surface area contributed by atoms with Crippen LogP contribution < -0.4 is 0 Å². The summed E-state index contributed by atoms with van der Waals surface area (Å²) in [5.74, 6) is 1.25. The molecule has 0 spiro atoms. The van der Waals surface area contributed by atoms with E-state index in [0.29, 0.717) is 11.8 Å². The summed E-state index contributed by atoms with van der Waals surface area (Å²) in [5, 5.41) is 14.7. The molecule has 3 heterocycles. The topological polar surface area (TPSA) is 60.6 Å². The lowest BCUT2D eigenvalue weighted by Crippen LogP contribution is -2.34. The number of rotatable bonds is 5. The first-order chi connectivity index (χ1) is 10.2. The molecule has 1 saturated heterocycles. The summed E-state index contributed by atoms with van der Waals surface area (Å²) in [4.78, 5) is 2.52. The molecule has 2 N–H and O–H groups in total. The molecule has 2 aromatic heterocycles. The summed E-state index contributed by atoms with van der Waals surface area (Å²) in [5.41, 5.74) is 3.96. The van der Waals surface area contributed by atoms with Crippen molar-refractivity contribution in [1.82, 2.24) is 25.3 Å². The third kappa shape index (κ3) is 3.53. The molecular weight excluding hydrogens is 262 g/mol. The Balaban J connectivity index is 1.67. The predicted molar refractivity (Wildman–Crippen MR) is 83.0 cm³/mol. The van der Waals surface area contributed by atoms with Crippen LogP contribution in [0.4, 0.5) is 0 Å². The summed E-state index contributed by atoms with van der Waals surface area (Å²) >= 11 is 0. The van der Waals surface area contributed by atoms with Crippen molar-refractivity contribution in [3.05, 3.63) is 35.4 Å². The summed E-state index contributed by atoms with van der Waals surface area (Å²) in [7, 11) is 0. The second-order valence-corrected chi connectivity index (χ2v) is 6.56. The minimum atomic E-state index is 0.581. The lowest BCUT2D eigenvalue weighted by molar-refractivity contribution is 0.196. The van der Waals surface area contributed by atoms with Gasteiger partial charge in [0.1, 0.15) is 0 Å².